The molecule has 5 nitrogen and oxygen atoms in total. The van der Waals surface area contributed by atoms with Crippen molar-refractivity contribution >= 4 is 16.1 Å². The van der Waals surface area contributed by atoms with Gasteiger partial charge in [0.2, 0.25) is 0 Å². The van der Waals surface area contributed by atoms with E-state index in [9.17, 15) is 13.2 Å². The second-order valence-electron chi connectivity index (χ2n) is 4.23. The third-order valence-electron chi connectivity index (χ3n) is 2.28. The van der Waals surface area contributed by atoms with E-state index in [2.05, 4.69) is 6.58 Å². The maximum Gasteiger partial charge on any atom is 0.333 e. The van der Waals surface area contributed by atoms with Gasteiger partial charge < -0.3 is 4.74 Å². The third kappa shape index (κ3) is 7.93. The molecule has 0 aliphatic carbocycles. The first-order valence-electron chi connectivity index (χ1n) is 5.21. The molecule has 0 aromatic rings. The van der Waals surface area contributed by atoms with Gasteiger partial charge >= 0.3 is 5.97 Å². The molecule has 1 radical (unpaired) electrons. The highest BCUT2D eigenvalue weighted by Crippen LogP contribution is 2.19. The quantitative estimate of drug-likeness (QED) is 0.429. The highest BCUT2D eigenvalue weighted by atomic mass is 32.2. The van der Waals surface area contributed by atoms with E-state index in [0.717, 1.165) is 5.92 Å². The molecule has 99 valence electrons. The van der Waals surface area contributed by atoms with Crippen molar-refractivity contribution in [1.82, 2.24) is 0 Å². The molecule has 1 unspecified atom stereocenters. The van der Waals surface area contributed by atoms with Crippen LogP contribution in [0.15, 0.2) is 12.2 Å². The zero-order valence-electron chi connectivity index (χ0n) is 10.4. The summed E-state index contributed by atoms with van der Waals surface area (Å²) in [6.45, 7) is 8.63. The molecule has 0 bridgehead atoms. The Bertz CT molecular complexity index is 369. The fraction of sp³-hybridized carbons (Fsp3) is 0.636. The largest absolute Gasteiger partial charge is 0.462 e. The first-order chi connectivity index (χ1) is 7.63. The Morgan fingerprint density at radius 1 is 1.35 bits per heavy atom. The minimum absolute atomic E-state index is 0.108. The van der Waals surface area contributed by atoms with Crippen molar-refractivity contribution in [3.05, 3.63) is 18.1 Å². The zero-order chi connectivity index (χ0) is 13.6. The summed E-state index contributed by atoms with van der Waals surface area (Å²) < 4.78 is 35.2. The number of carbonyl (C=O) groups excluding carboxylic acids is 1. The molecule has 0 spiro atoms. The molecule has 0 aromatic carbocycles. The van der Waals surface area contributed by atoms with Crippen LogP contribution in [-0.2, 0) is 19.6 Å². The number of hydrogen-bond acceptors (Lipinski definition) is 4. The Balaban J connectivity index is 4.21. The van der Waals surface area contributed by atoms with Crippen LogP contribution in [0.3, 0.4) is 0 Å². The maximum absolute atomic E-state index is 11.1. The summed E-state index contributed by atoms with van der Waals surface area (Å²) in [4.78, 5) is 11.1. The Labute approximate surface area is 103 Å². The SMILES string of the molecule is C=C(C)C(=O)OCCC(CS(=O)(=O)O)[C](C)C. The normalized spacial score (nSPS) is 13.5. The fourth-order valence-corrected chi connectivity index (χ4v) is 2.22. The van der Waals surface area contributed by atoms with Crippen LogP contribution in [0.2, 0.25) is 0 Å². The van der Waals surface area contributed by atoms with Crippen molar-refractivity contribution in [2.45, 2.75) is 27.2 Å². The summed E-state index contributed by atoms with van der Waals surface area (Å²) in [5, 5.41) is 0. The van der Waals surface area contributed by atoms with E-state index in [-0.39, 0.29) is 18.3 Å². The van der Waals surface area contributed by atoms with Gasteiger partial charge in [-0.2, -0.15) is 8.42 Å². The molecule has 0 aliphatic rings. The highest BCUT2D eigenvalue weighted by molar-refractivity contribution is 7.85. The Hall–Kier alpha value is -0.880. The van der Waals surface area contributed by atoms with Crippen LogP contribution in [0.4, 0.5) is 0 Å². The zero-order valence-corrected chi connectivity index (χ0v) is 11.2. The Morgan fingerprint density at radius 3 is 2.24 bits per heavy atom. The van der Waals surface area contributed by atoms with Crippen molar-refractivity contribution in [3.8, 4) is 0 Å². The minimum Gasteiger partial charge on any atom is -0.462 e. The molecule has 0 saturated heterocycles. The summed E-state index contributed by atoms with van der Waals surface area (Å²) in [5.74, 6) is -0.291. The average Bonchev–Trinajstić information content (AvgIpc) is 2.13. The number of esters is 1. The van der Waals surface area contributed by atoms with E-state index in [4.69, 9.17) is 9.29 Å². The number of carbonyl (C=O) groups is 1. The molecule has 6 heteroatoms. The van der Waals surface area contributed by atoms with Crippen LogP contribution in [-0.4, -0.2) is 31.3 Å². The summed E-state index contributed by atoms with van der Waals surface area (Å²) in [6.07, 6.45) is 0.362. The van der Waals surface area contributed by atoms with Crippen molar-refractivity contribution in [1.29, 1.82) is 0 Å². The first-order valence-corrected chi connectivity index (χ1v) is 6.82. The van der Waals surface area contributed by atoms with Crippen LogP contribution in [0.5, 0.6) is 0 Å². The molecule has 0 saturated carbocycles. The van der Waals surface area contributed by atoms with Crippen molar-refractivity contribution in [2.75, 3.05) is 12.4 Å². The van der Waals surface area contributed by atoms with Crippen molar-refractivity contribution in [3.63, 3.8) is 0 Å². The summed E-state index contributed by atoms with van der Waals surface area (Å²) in [5.41, 5.74) is 0.300. The second-order valence-corrected chi connectivity index (χ2v) is 5.72. The van der Waals surface area contributed by atoms with Gasteiger partial charge in [0.1, 0.15) is 0 Å². The molecule has 1 atom stereocenters. The lowest BCUT2D eigenvalue weighted by molar-refractivity contribution is -0.139. The minimum atomic E-state index is -4.01. The predicted molar refractivity (Wildman–Crippen MR) is 64.9 cm³/mol. The van der Waals surface area contributed by atoms with Gasteiger partial charge in [0, 0.05) is 5.57 Å². The van der Waals surface area contributed by atoms with Gasteiger partial charge in [-0.1, -0.05) is 20.4 Å². The van der Waals surface area contributed by atoms with Crippen LogP contribution >= 0.6 is 0 Å². The van der Waals surface area contributed by atoms with Gasteiger partial charge in [-0.15, -0.1) is 0 Å². The number of hydrogen-bond donors (Lipinski definition) is 1. The van der Waals surface area contributed by atoms with Gasteiger partial charge in [0.05, 0.1) is 12.4 Å². The van der Waals surface area contributed by atoms with Crippen molar-refractivity contribution < 1.29 is 22.5 Å². The van der Waals surface area contributed by atoms with Gasteiger partial charge in [0.15, 0.2) is 0 Å². The summed E-state index contributed by atoms with van der Waals surface area (Å²) >= 11 is 0. The van der Waals surface area contributed by atoms with E-state index in [0.29, 0.717) is 12.0 Å². The lowest BCUT2D eigenvalue weighted by Gasteiger charge is -2.18. The van der Waals surface area contributed by atoms with E-state index in [1.807, 2.05) is 0 Å². The first kappa shape index (κ1) is 16.1. The van der Waals surface area contributed by atoms with Crippen LogP contribution in [0.1, 0.15) is 27.2 Å². The van der Waals surface area contributed by atoms with Crippen LogP contribution < -0.4 is 0 Å². The molecule has 0 amide bonds. The molecular formula is C11H19O5S. The second kappa shape index (κ2) is 6.76. The van der Waals surface area contributed by atoms with Gasteiger partial charge in [-0.25, -0.2) is 4.79 Å². The van der Waals surface area contributed by atoms with Crippen molar-refractivity contribution in [2.24, 2.45) is 5.92 Å². The Morgan fingerprint density at radius 2 is 1.88 bits per heavy atom. The lowest BCUT2D eigenvalue weighted by Crippen LogP contribution is -2.21. The number of ether oxygens (including phenoxy) is 1. The standard InChI is InChI=1S/C11H19O5S/c1-8(2)10(7-17(13,14)15)5-6-16-11(12)9(3)4/h10H,3,5-7H2,1-2,4H3,(H,13,14,15). The summed E-state index contributed by atoms with van der Waals surface area (Å²) in [6, 6.07) is 0. The van der Waals surface area contributed by atoms with Gasteiger partial charge in [-0.05, 0) is 25.2 Å². The highest BCUT2D eigenvalue weighted by Gasteiger charge is 2.21. The topological polar surface area (TPSA) is 80.7 Å². The van der Waals surface area contributed by atoms with E-state index in [1.165, 1.54) is 6.92 Å². The molecule has 1 N–H and O–H groups in total. The fourth-order valence-electron chi connectivity index (χ4n) is 1.21. The smallest absolute Gasteiger partial charge is 0.333 e. The molecule has 0 fully saturated rings. The third-order valence-corrected chi connectivity index (χ3v) is 3.10. The molecule has 17 heavy (non-hydrogen) atoms. The predicted octanol–water partition coefficient (Wildman–Crippen LogP) is 1.61. The average molecular weight is 263 g/mol. The number of rotatable bonds is 7. The molecule has 0 aromatic heterocycles. The molecular weight excluding hydrogens is 244 g/mol. The molecule has 0 heterocycles. The summed E-state index contributed by atoms with van der Waals surface area (Å²) in [7, 11) is -4.01. The maximum atomic E-state index is 11.1. The van der Waals surface area contributed by atoms with E-state index in [1.54, 1.807) is 13.8 Å². The Kier molecular flexibility index (Phi) is 6.41. The monoisotopic (exact) mass is 263 g/mol. The van der Waals surface area contributed by atoms with Crippen LogP contribution in [0, 0.1) is 11.8 Å². The van der Waals surface area contributed by atoms with E-state index >= 15 is 0 Å². The molecule has 0 aliphatic heterocycles. The van der Waals surface area contributed by atoms with Gasteiger partial charge in [-0.3, -0.25) is 4.55 Å². The molecule has 0 rings (SSSR count). The van der Waals surface area contributed by atoms with Crippen LogP contribution in [0.25, 0.3) is 0 Å². The van der Waals surface area contributed by atoms with E-state index < -0.39 is 16.1 Å². The van der Waals surface area contributed by atoms with Gasteiger partial charge in [0.25, 0.3) is 10.1 Å². The lowest BCUT2D eigenvalue weighted by atomic mass is 9.95.